The number of esters is 1. The minimum absolute atomic E-state index is 0.0788. The van der Waals surface area contributed by atoms with Crippen LogP contribution in [0.1, 0.15) is 25.3 Å². The number of nitrogens with zero attached hydrogens (tertiary/aromatic N) is 1. The van der Waals surface area contributed by atoms with Crippen molar-refractivity contribution in [1.82, 2.24) is 4.31 Å². The maximum atomic E-state index is 12.6. The fourth-order valence-electron chi connectivity index (χ4n) is 2.02. The van der Waals surface area contributed by atoms with Gasteiger partial charge in [0.05, 0.1) is 11.5 Å². The van der Waals surface area contributed by atoms with E-state index in [1.165, 1.54) is 4.31 Å². The van der Waals surface area contributed by atoms with Crippen LogP contribution in [-0.4, -0.2) is 37.9 Å². The molecule has 1 aliphatic carbocycles. The number of benzene rings is 1. The summed E-state index contributed by atoms with van der Waals surface area (Å²) in [4.78, 5) is 11.8. The molecule has 6 heteroatoms. The van der Waals surface area contributed by atoms with E-state index in [4.69, 9.17) is 4.74 Å². The van der Waals surface area contributed by atoms with E-state index in [2.05, 4.69) is 0 Å². The molecule has 1 aromatic carbocycles. The predicted molar refractivity (Wildman–Crippen MR) is 74.7 cm³/mol. The second-order valence-electron chi connectivity index (χ2n) is 4.90. The molecule has 110 valence electrons. The third-order valence-electron chi connectivity index (χ3n) is 3.14. The molecule has 0 bridgehead atoms. The van der Waals surface area contributed by atoms with Crippen LogP contribution >= 0.6 is 0 Å². The zero-order chi connectivity index (χ0) is 14.8. The Bertz CT molecular complexity index is 593. The zero-order valence-electron chi connectivity index (χ0n) is 11.7. The summed E-state index contributed by atoms with van der Waals surface area (Å²) < 4.78 is 31.4. The number of aryl methyl sites for hydroxylation is 1. The molecule has 20 heavy (non-hydrogen) atoms. The SMILES string of the molecule is CCOC(=O)CN(C1CC1)S(=O)(=O)c1cccc(C)c1. The van der Waals surface area contributed by atoms with Gasteiger partial charge in [-0.15, -0.1) is 0 Å². The molecule has 1 aliphatic rings. The van der Waals surface area contributed by atoms with Crippen LogP contribution in [0, 0.1) is 6.92 Å². The Labute approximate surface area is 119 Å². The Morgan fingerprint density at radius 3 is 2.65 bits per heavy atom. The van der Waals surface area contributed by atoms with Gasteiger partial charge in [-0.2, -0.15) is 4.31 Å². The fourth-order valence-corrected chi connectivity index (χ4v) is 3.75. The van der Waals surface area contributed by atoms with Gasteiger partial charge in [0.1, 0.15) is 6.54 Å². The van der Waals surface area contributed by atoms with Gasteiger partial charge < -0.3 is 4.74 Å². The molecule has 0 aromatic heterocycles. The van der Waals surface area contributed by atoms with E-state index in [1.54, 1.807) is 25.1 Å². The molecule has 0 saturated heterocycles. The maximum absolute atomic E-state index is 12.6. The van der Waals surface area contributed by atoms with E-state index in [-0.39, 0.29) is 24.1 Å². The van der Waals surface area contributed by atoms with Crippen molar-refractivity contribution in [1.29, 1.82) is 0 Å². The van der Waals surface area contributed by atoms with Crippen LogP contribution in [0.2, 0.25) is 0 Å². The second kappa shape index (κ2) is 5.93. The van der Waals surface area contributed by atoms with Crippen LogP contribution in [0.25, 0.3) is 0 Å². The lowest BCUT2D eigenvalue weighted by atomic mass is 10.2. The monoisotopic (exact) mass is 297 g/mol. The van der Waals surface area contributed by atoms with Crippen molar-refractivity contribution in [3.05, 3.63) is 29.8 Å². The van der Waals surface area contributed by atoms with Crippen molar-refractivity contribution in [2.24, 2.45) is 0 Å². The summed E-state index contributed by atoms with van der Waals surface area (Å²) in [6, 6.07) is 6.65. The van der Waals surface area contributed by atoms with E-state index < -0.39 is 16.0 Å². The normalized spacial score (nSPS) is 15.3. The number of hydrogen-bond acceptors (Lipinski definition) is 4. The van der Waals surface area contributed by atoms with Crippen LogP contribution in [-0.2, 0) is 19.6 Å². The van der Waals surface area contributed by atoms with Gasteiger partial charge >= 0.3 is 5.97 Å². The standard InChI is InChI=1S/C14H19NO4S/c1-3-19-14(16)10-15(12-7-8-12)20(17,18)13-6-4-5-11(2)9-13/h4-6,9,12H,3,7-8,10H2,1-2H3. The van der Waals surface area contributed by atoms with Crippen molar-refractivity contribution < 1.29 is 17.9 Å². The zero-order valence-corrected chi connectivity index (χ0v) is 12.5. The largest absolute Gasteiger partial charge is 0.465 e. The van der Waals surface area contributed by atoms with Crippen LogP contribution in [0.15, 0.2) is 29.2 Å². The Morgan fingerprint density at radius 1 is 1.40 bits per heavy atom. The quantitative estimate of drug-likeness (QED) is 0.750. The van der Waals surface area contributed by atoms with Crippen molar-refractivity contribution in [2.75, 3.05) is 13.2 Å². The number of sulfonamides is 1. The lowest BCUT2D eigenvalue weighted by molar-refractivity contribution is -0.143. The summed E-state index contributed by atoms with van der Waals surface area (Å²) in [7, 11) is -3.64. The topological polar surface area (TPSA) is 63.7 Å². The van der Waals surface area contributed by atoms with Crippen molar-refractivity contribution in [2.45, 2.75) is 37.6 Å². The first kappa shape index (κ1) is 15.0. The van der Waals surface area contributed by atoms with Crippen LogP contribution in [0.5, 0.6) is 0 Å². The van der Waals surface area contributed by atoms with Crippen molar-refractivity contribution in [3.63, 3.8) is 0 Å². The molecule has 0 aliphatic heterocycles. The first-order valence-electron chi connectivity index (χ1n) is 6.69. The van der Waals surface area contributed by atoms with Gasteiger partial charge in [0.25, 0.3) is 0 Å². The minimum Gasteiger partial charge on any atom is -0.465 e. The molecular weight excluding hydrogens is 278 g/mol. The smallest absolute Gasteiger partial charge is 0.321 e. The minimum atomic E-state index is -3.64. The molecule has 1 fully saturated rings. The van der Waals surface area contributed by atoms with Crippen molar-refractivity contribution >= 4 is 16.0 Å². The molecule has 0 N–H and O–H groups in total. The molecule has 0 amide bonds. The fraction of sp³-hybridized carbons (Fsp3) is 0.500. The van der Waals surface area contributed by atoms with E-state index in [0.717, 1.165) is 18.4 Å². The van der Waals surface area contributed by atoms with Crippen LogP contribution in [0.4, 0.5) is 0 Å². The summed E-state index contributed by atoms with van der Waals surface area (Å²) in [6.45, 7) is 3.58. The van der Waals surface area contributed by atoms with Gasteiger partial charge in [0.15, 0.2) is 0 Å². The summed E-state index contributed by atoms with van der Waals surface area (Å²) >= 11 is 0. The summed E-state index contributed by atoms with van der Waals surface area (Å²) in [5, 5.41) is 0. The molecule has 0 heterocycles. The molecule has 0 radical (unpaired) electrons. The molecule has 1 saturated carbocycles. The number of carbonyl (C=O) groups excluding carboxylic acids is 1. The highest BCUT2D eigenvalue weighted by Gasteiger charge is 2.39. The van der Waals surface area contributed by atoms with Gasteiger partial charge in [-0.05, 0) is 44.4 Å². The first-order valence-corrected chi connectivity index (χ1v) is 8.13. The first-order chi connectivity index (χ1) is 9.45. The van der Waals surface area contributed by atoms with Crippen LogP contribution < -0.4 is 0 Å². The van der Waals surface area contributed by atoms with E-state index in [1.807, 2.05) is 13.0 Å². The lowest BCUT2D eigenvalue weighted by Gasteiger charge is -2.21. The molecule has 0 unspecified atom stereocenters. The molecule has 0 spiro atoms. The molecule has 1 aromatic rings. The predicted octanol–water partition coefficient (Wildman–Crippen LogP) is 1.71. The number of ether oxygens (including phenoxy) is 1. The van der Waals surface area contributed by atoms with E-state index in [0.29, 0.717) is 0 Å². The van der Waals surface area contributed by atoms with Crippen LogP contribution in [0.3, 0.4) is 0 Å². The summed E-state index contributed by atoms with van der Waals surface area (Å²) in [5.41, 5.74) is 0.873. The average Bonchev–Trinajstić information content (AvgIpc) is 3.20. The number of rotatable bonds is 6. The highest BCUT2D eigenvalue weighted by atomic mass is 32.2. The van der Waals surface area contributed by atoms with Crippen molar-refractivity contribution in [3.8, 4) is 0 Å². The Kier molecular flexibility index (Phi) is 4.45. The van der Waals surface area contributed by atoms with Gasteiger partial charge in [0.2, 0.25) is 10.0 Å². The third-order valence-corrected chi connectivity index (χ3v) is 5.03. The average molecular weight is 297 g/mol. The lowest BCUT2D eigenvalue weighted by Crippen LogP contribution is -2.38. The van der Waals surface area contributed by atoms with E-state index >= 15 is 0 Å². The highest BCUT2D eigenvalue weighted by molar-refractivity contribution is 7.89. The van der Waals surface area contributed by atoms with Gasteiger partial charge in [-0.3, -0.25) is 4.79 Å². The van der Waals surface area contributed by atoms with Gasteiger partial charge in [0, 0.05) is 6.04 Å². The van der Waals surface area contributed by atoms with Gasteiger partial charge in [-0.1, -0.05) is 12.1 Å². The molecule has 0 atom stereocenters. The second-order valence-corrected chi connectivity index (χ2v) is 6.79. The molecule has 2 rings (SSSR count). The summed E-state index contributed by atoms with van der Waals surface area (Å²) in [5.74, 6) is -0.504. The Hall–Kier alpha value is -1.40. The number of hydrogen-bond donors (Lipinski definition) is 0. The number of carbonyl (C=O) groups is 1. The maximum Gasteiger partial charge on any atom is 0.321 e. The summed E-state index contributed by atoms with van der Waals surface area (Å²) in [6.07, 6.45) is 1.59. The Morgan fingerprint density at radius 2 is 2.10 bits per heavy atom. The molecule has 5 nitrogen and oxygen atoms in total. The highest BCUT2D eigenvalue weighted by Crippen LogP contribution is 2.32. The van der Waals surface area contributed by atoms with Gasteiger partial charge in [-0.25, -0.2) is 8.42 Å². The van der Waals surface area contributed by atoms with E-state index in [9.17, 15) is 13.2 Å². The third kappa shape index (κ3) is 3.37. The Balaban J connectivity index is 2.26. The molecular formula is C14H19NO4S.